The molecule has 1 fully saturated rings. The fourth-order valence-electron chi connectivity index (χ4n) is 1.85. The summed E-state index contributed by atoms with van der Waals surface area (Å²) in [6.07, 6.45) is 6.32. The summed E-state index contributed by atoms with van der Waals surface area (Å²) in [5.41, 5.74) is 0. The summed E-state index contributed by atoms with van der Waals surface area (Å²) in [4.78, 5) is 0. The summed E-state index contributed by atoms with van der Waals surface area (Å²) < 4.78 is 25.9. The van der Waals surface area contributed by atoms with Crippen molar-refractivity contribution in [2.75, 3.05) is 19.3 Å². The number of nitrogens with zero attached hydrogens (tertiary/aromatic N) is 4. The fourth-order valence-corrected chi connectivity index (χ4v) is 2.72. The van der Waals surface area contributed by atoms with E-state index in [1.807, 2.05) is 6.20 Å². The topological polar surface area (TPSA) is 68.1 Å². The molecule has 0 bridgehead atoms. The van der Waals surface area contributed by atoms with Crippen LogP contribution in [0.15, 0.2) is 12.4 Å². The van der Waals surface area contributed by atoms with Crippen LogP contribution < -0.4 is 0 Å². The third-order valence-electron chi connectivity index (χ3n) is 2.71. The molecule has 1 aromatic rings. The first kappa shape index (κ1) is 10.6. The van der Waals surface area contributed by atoms with Gasteiger partial charge in [-0.3, -0.25) is 0 Å². The van der Waals surface area contributed by atoms with E-state index >= 15 is 0 Å². The molecule has 0 N–H and O–H groups in total. The van der Waals surface area contributed by atoms with Gasteiger partial charge in [0.1, 0.15) is 0 Å². The maximum absolute atomic E-state index is 11.3. The van der Waals surface area contributed by atoms with Crippen molar-refractivity contribution in [3.05, 3.63) is 12.4 Å². The van der Waals surface area contributed by atoms with Gasteiger partial charge in [0.15, 0.2) is 0 Å². The van der Waals surface area contributed by atoms with E-state index in [1.54, 1.807) is 10.9 Å². The van der Waals surface area contributed by atoms with Crippen LogP contribution in [-0.2, 0) is 10.0 Å². The van der Waals surface area contributed by atoms with Crippen LogP contribution >= 0.6 is 0 Å². The van der Waals surface area contributed by atoms with Crippen molar-refractivity contribution in [1.82, 2.24) is 19.3 Å². The van der Waals surface area contributed by atoms with Crippen LogP contribution in [0.5, 0.6) is 0 Å². The number of sulfonamides is 1. The zero-order valence-corrected chi connectivity index (χ0v) is 9.39. The van der Waals surface area contributed by atoms with Gasteiger partial charge in [-0.25, -0.2) is 17.4 Å². The molecule has 0 aliphatic carbocycles. The van der Waals surface area contributed by atoms with Crippen molar-refractivity contribution in [3.63, 3.8) is 0 Å². The molecule has 0 saturated carbocycles. The molecule has 1 aliphatic heterocycles. The Hall–Kier alpha value is -0.950. The van der Waals surface area contributed by atoms with Crippen molar-refractivity contribution in [3.8, 4) is 0 Å². The molecule has 0 atom stereocenters. The molecule has 0 amide bonds. The Morgan fingerprint density at radius 3 is 2.47 bits per heavy atom. The number of piperidine rings is 1. The molecule has 1 saturated heterocycles. The second kappa shape index (κ2) is 3.90. The normalized spacial score (nSPS) is 20.6. The molecule has 0 unspecified atom stereocenters. The van der Waals surface area contributed by atoms with E-state index in [4.69, 9.17) is 0 Å². The van der Waals surface area contributed by atoms with Gasteiger partial charge in [-0.1, -0.05) is 5.21 Å². The zero-order chi connectivity index (χ0) is 10.9. The molecule has 0 aromatic carbocycles. The maximum Gasteiger partial charge on any atom is 0.211 e. The lowest BCUT2D eigenvalue weighted by Crippen LogP contribution is -2.38. The third kappa shape index (κ3) is 2.35. The largest absolute Gasteiger partial charge is 0.249 e. The molecule has 15 heavy (non-hydrogen) atoms. The van der Waals surface area contributed by atoms with Crippen LogP contribution in [0.1, 0.15) is 18.9 Å². The Morgan fingerprint density at radius 2 is 2.00 bits per heavy atom. The van der Waals surface area contributed by atoms with Crippen LogP contribution in [0.4, 0.5) is 0 Å². The van der Waals surface area contributed by atoms with E-state index in [9.17, 15) is 8.42 Å². The van der Waals surface area contributed by atoms with Crippen molar-refractivity contribution < 1.29 is 8.42 Å². The maximum atomic E-state index is 11.3. The highest BCUT2D eigenvalue weighted by molar-refractivity contribution is 7.88. The van der Waals surface area contributed by atoms with Crippen molar-refractivity contribution in [1.29, 1.82) is 0 Å². The summed E-state index contributed by atoms with van der Waals surface area (Å²) in [5, 5.41) is 7.67. The monoisotopic (exact) mass is 230 g/mol. The predicted octanol–water partition coefficient (Wildman–Crippen LogP) is -0.125. The fraction of sp³-hybridized carbons (Fsp3) is 0.750. The summed E-state index contributed by atoms with van der Waals surface area (Å²) in [6, 6.07) is 0.283. The Morgan fingerprint density at radius 1 is 1.33 bits per heavy atom. The van der Waals surface area contributed by atoms with Gasteiger partial charge in [0.25, 0.3) is 0 Å². The Labute approximate surface area is 88.9 Å². The molecule has 1 aromatic heterocycles. The van der Waals surface area contributed by atoms with Gasteiger partial charge in [0, 0.05) is 19.3 Å². The van der Waals surface area contributed by atoms with Crippen molar-refractivity contribution >= 4 is 10.0 Å². The van der Waals surface area contributed by atoms with E-state index in [2.05, 4.69) is 10.3 Å². The Kier molecular flexibility index (Phi) is 2.74. The summed E-state index contributed by atoms with van der Waals surface area (Å²) >= 11 is 0. The SMILES string of the molecule is CS(=O)(=O)N1CCC(n2ccnn2)CC1. The molecule has 84 valence electrons. The van der Waals surface area contributed by atoms with E-state index in [0.717, 1.165) is 12.8 Å². The second-order valence-electron chi connectivity index (χ2n) is 3.78. The standard InChI is InChI=1S/C8H14N4O2S/c1-15(13,14)11-5-2-8(3-6-11)12-7-4-9-10-12/h4,7-8H,2-3,5-6H2,1H3. The lowest BCUT2D eigenvalue weighted by Gasteiger charge is -2.29. The Balaban J connectivity index is 1.99. The van der Waals surface area contributed by atoms with E-state index in [-0.39, 0.29) is 6.04 Å². The summed E-state index contributed by atoms with van der Waals surface area (Å²) in [5.74, 6) is 0. The van der Waals surface area contributed by atoms with E-state index < -0.39 is 10.0 Å². The molecule has 7 heteroatoms. The smallest absolute Gasteiger partial charge is 0.211 e. The molecule has 2 heterocycles. The van der Waals surface area contributed by atoms with E-state index in [0.29, 0.717) is 13.1 Å². The highest BCUT2D eigenvalue weighted by Gasteiger charge is 2.25. The first-order valence-corrected chi connectivity index (χ1v) is 6.73. The molecular weight excluding hydrogens is 216 g/mol. The van der Waals surface area contributed by atoms with Crippen molar-refractivity contribution in [2.24, 2.45) is 0 Å². The molecule has 0 spiro atoms. The van der Waals surface area contributed by atoms with Gasteiger partial charge >= 0.3 is 0 Å². The van der Waals surface area contributed by atoms with Gasteiger partial charge in [-0.05, 0) is 12.8 Å². The minimum Gasteiger partial charge on any atom is -0.249 e. The van der Waals surface area contributed by atoms with Gasteiger partial charge in [0.05, 0.1) is 18.5 Å². The number of aromatic nitrogens is 3. The Bertz CT molecular complexity index is 406. The molecule has 1 aliphatic rings. The quantitative estimate of drug-likeness (QED) is 0.710. The summed E-state index contributed by atoms with van der Waals surface area (Å²) in [6.45, 7) is 1.15. The lowest BCUT2D eigenvalue weighted by molar-refractivity contribution is 0.259. The van der Waals surface area contributed by atoms with Crippen LogP contribution in [0, 0.1) is 0 Å². The lowest BCUT2D eigenvalue weighted by atomic mass is 10.1. The first-order chi connectivity index (χ1) is 7.07. The van der Waals surface area contributed by atoms with Gasteiger partial charge in [-0.15, -0.1) is 5.10 Å². The zero-order valence-electron chi connectivity index (χ0n) is 8.57. The minimum atomic E-state index is -3.03. The minimum absolute atomic E-state index is 0.283. The number of rotatable bonds is 2. The van der Waals surface area contributed by atoms with Crippen LogP contribution in [0.25, 0.3) is 0 Å². The molecule has 6 nitrogen and oxygen atoms in total. The van der Waals surface area contributed by atoms with Gasteiger partial charge in [-0.2, -0.15) is 0 Å². The molecule has 2 rings (SSSR count). The average molecular weight is 230 g/mol. The summed E-state index contributed by atoms with van der Waals surface area (Å²) in [7, 11) is -3.03. The van der Waals surface area contributed by atoms with E-state index in [1.165, 1.54) is 10.6 Å². The van der Waals surface area contributed by atoms with Crippen LogP contribution in [-0.4, -0.2) is 47.1 Å². The van der Waals surface area contributed by atoms with Gasteiger partial charge in [0.2, 0.25) is 10.0 Å². The van der Waals surface area contributed by atoms with Gasteiger partial charge < -0.3 is 0 Å². The highest BCUT2D eigenvalue weighted by Crippen LogP contribution is 2.22. The first-order valence-electron chi connectivity index (χ1n) is 4.88. The van der Waals surface area contributed by atoms with Crippen molar-refractivity contribution in [2.45, 2.75) is 18.9 Å². The molecular formula is C8H14N4O2S. The average Bonchev–Trinajstić information content (AvgIpc) is 2.69. The van der Waals surface area contributed by atoms with Crippen LogP contribution in [0.2, 0.25) is 0 Å². The van der Waals surface area contributed by atoms with Crippen LogP contribution in [0.3, 0.4) is 0 Å². The third-order valence-corrected chi connectivity index (χ3v) is 4.01. The second-order valence-corrected chi connectivity index (χ2v) is 5.76. The predicted molar refractivity (Wildman–Crippen MR) is 54.7 cm³/mol. The number of hydrogen-bond acceptors (Lipinski definition) is 4. The highest BCUT2D eigenvalue weighted by atomic mass is 32.2. The number of hydrogen-bond donors (Lipinski definition) is 0. The molecule has 0 radical (unpaired) electrons.